The summed E-state index contributed by atoms with van der Waals surface area (Å²) in [5.74, 6) is 0. The normalized spacial score (nSPS) is 18.0. The van der Waals surface area contributed by atoms with Crippen LogP contribution < -0.4 is 5.32 Å². The van der Waals surface area contributed by atoms with Crippen LogP contribution in [0.5, 0.6) is 0 Å². The van der Waals surface area contributed by atoms with E-state index in [-0.39, 0.29) is 0 Å². The van der Waals surface area contributed by atoms with Crippen LogP contribution in [0.25, 0.3) is 0 Å². The molecule has 1 heterocycles. The Bertz CT molecular complexity index is 153. The van der Waals surface area contributed by atoms with Crippen LogP contribution in [0.3, 0.4) is 0 Å². The van der Waals surface area contributed by atoms with Crippen LogP contribution in [0.2, 0.25) is 0 Å². The molecule has 0 aromatic carbocycles. The number of nitrogens with one attached hydrogen (secondary N) is 1. The third-order valence-corrected chi connectivity index (χ3v) is 2.72. The summed E-state index contributed by atoms with van der Waals surface area (Å²) in [6.45, 7) is 7.81. The molecule has 1 fully saturated rings. The van der Waals surface area contributed by atoms with E-state index in [9.17, 15) is 0 Å². The van der Waals surface area contributed by atoms with Crippen LogP contribution in [-0.2, 0) is 4.74 Å². The summed E-state index contributed by atoms with van der Waals surface area (Å²) in [6, 6.07) is 0. The van der Waals surface area contributed by atoms with E-state index < -0.39 is 0 Å². The molecule has 1 rings (SSSR count). The van der Waals surface area contributed by atoms with Crippen LogP contribution in [0.15, 0.2) is 0 Å². The first kappa shape index (κ1) is 16.8. The highest BCUT2D eigenvalue weighted by Crippen LogP contribution is 2.13. The van der Waals surface area contributed by atoms with Gasteiger partial charge in [0.25, 0.3) is 0 Å². The van der Waals surface area contributed by atoms with Crippen molar-refractivity contribution in [1.82, 2.24) is 10.2 Å². The smallest absolute Gasteiger partial charge is 0.0603 e. The average Bonchev–Trinajstić information content (AvgIpc) is 2.30. The Balaban J connectivity index is 0.000000366. The number of likely N-dealkylation sites (tertiary alicyclic amines) is 1. The molecule has 1 aliphatic rings. The second-order valence-corrected chi connectivity index (χ2v) is 4.87. The third-order valence-electron chi connectivity index (χ3n) is 2.72. The minimum atomic E-state index is 0.292. The van der Waals surface area contributed by atoms with Gasteiger partial charge in [0.2, 0.25) is 0 Å². The summed E-state index contributed by atoms with van der Waals surface area (Å²) < 4.78 is 5.71. The standard InChI is InChI=1S/C9H19NO.C4H11NO/c1-8(2)11-9-4-6-10(3)7-5-9;1-5-3-2-4-6/h8-9H,4-7H2,1-3H3;5-6H,2-4H2,1H3. The number of piperidine rings is 1. The van der Waals surface area contributed by atoms with Gasteiger partial charge in [0.05, 0.1) is 12.2 Å². The maximum Gasteiger partial charge on any atom is 0.0603 e. The van der Waals surface area contributed by atoms with Crippen molar-refractivity contribution >= 4 is 0 Å². The maximum atomic E-state index is 8.16. The lowest BCUT2D eigenvalue weighted by Crippen LogP contribution is -2.35. The summed E-state index contributed by atoms with van der Waals surface area (Å²) >= 11 is 0. The summed E-state index contributed by atoms with van der Waals surface area (Å²) in [5, 5.41) is 11.1. The number of hydrogen-bond acceptors (Lipinski definition) is 4. The fraction of sp³-hybridized carbons (Fsp3) is 1.00. The van der Waals surface area contributed by atoms with Gasteiger partial charge in [0, 0.05) is 19.7 Å². The summed E-state index contributed by atoms with van der Waals surface area (Å²) in [6.07, 6.45) is 4.18. The highest BCUT2D eigenvalue weighted by Gasteiger charge is 2.17. The van der Waals surface area contributed by atoms with E-state index in [1.54, 1.807) is 0 Å². The van der Waals surface area contributed by atoms with Gasteiger partial charge in [0.15, 0.2) is 0 Å². The molecule has 0 saturated carbocycles. The highest BCUT2D eigenvalue weighted by atomic mass is 16.5. The monoisotopic (exact) mass is 246 g/mol. The molecule has 0 spiro atoms. The van der Waals surface area contributed by atoms with E-state index in [0.717, 1.165) is 13.0 Å². The van der Waals surface area contributed by atoms with Crippen molar-refractivity contribution in [3.63, 3.8) is 0 Å². The third kappa shape index (κ3) is 10.7. The lowest BCUT2D eigenvalue weighted by molar-refractivity contribution is -0.0232. The van der Waals surface area contributed by atoms with Crippen molar-refractivity contribution in [2.24, 2.45) is 0 Å². The van der Waals surface area contributed by atoms with Crippen LogP contribution in [0, 0.1) is 0 Å². The van der Waals surface area contributed by atoms with Crippen molar-refractivity contribution in [3.05, 3.63) is 0 Å². The van der Waals surface area contributed by atoms with E-state index in [1.807, 2.05) is 7.05 Å². The molecule has 4 nitrogen and oxygen atoms in total. The Morgan fingerprint density at radius 2 is 1.94 bits per heavy atom. The van der Waals surface area contributed by atoms with E-state index in [1.165, 1.54) is 25.9 Å². The molecule has 0 aromatic heterocycles. The molecule has 0 radical (unpaired) electrons. The van der Waals surface area contributed by atoms with Crippen molar-refractivity contribution < 1.29 is 9.84 Å². The number of aliphatic hydroxyl groups is 1. The average molecular weight is 246 g/mol. The molecule has 17 heavy (non-hydrogen) atoms. The molecule has 4 heteroatoms. The second-order valence-electron chi connectivity index (χ2n) is 4.87. The Morgan fingerprint density at radius 3 is 2.29 bits per heavy atom. The zero-order valence-corrected chi connectivity index (χ0v) is 11.9. The first-order chi connectivity index (χ1) is 8.10. The molecule has 2 N–H and O–H groups in total. The summed E-state index contributed by atoms with van der Waals surface area (Å²) in [5.41, 5.74) is 0. The SMILES string of the molecule is CC(C)OC1CCN(C)CC1.CNCCCO. The van der Waals surface area contributed by atoms with Crippen molar-refractivity contribution in [1.29, 1.82) is 0 Å². The number of ether oxygens (including phenoxy) is 1. The van der Waals surface area contributed by atoms with E-state index in [0.29, 0.717) is 18.8 Å². The van der Waals surface area contributed by atoms with Gasteiger partial charge in [-0.3, -0.25) is 0 Å². The van der Waals surface area contributed by atoms with Crippen molar-refractivity contribution in [2.75, 3.05) is 40.3 Å². The van der Waals surface area contributed by atoms with Crippen LogP contribution >= 0.6 is 0 Å². The largest absolute Gasteiger partial charge is 0.396 e. The zero-order chi connectivity index (χ0) is 13.1. The molecule has 0 amide bonds. The molecular formula is C13H30N2O2. The van der Waals surface area contributed by atoms with Gasteiger partial charge in [-0.05, 0) is 53.8 Å². The molecule has 1 aliphatic heterocycles. The van der Waals surface area contributed by atoms with E-state index in [2.05, 4.69) is 31.1 Å². The van der Waals surface area contributed by atoms with Gasteiger partial charge in [-0.2, -0.15) is 0 Å². The molecule has 0 bridgehead atoms. The fourth-order valence-corrected chi connectivity index (χ4v) is 1.76. The van der Waals surface area contributed by atoms with Crippen LogP contribution in [-0.4, -0.2) is 62.6 Å². The van der Waals surface area contributed by atoms with Gasteiger partial charge in [-0.15, -0.1) is 0 Å². The Kier molecular flexibility index (Phi) is 10.9. The van der Waals surface area contributed by atoms with Crippen LogP contribution in [0.1, 0.15) is 33.1 Å². The first-order valence-electron chi connectivity index (χ1n) is 6.69. The molecule has 0 atom stereocenters. The highest BCUT2D eigenvalue weighted by molar-refractivity contribution is 4.70. The van der Waals surface area contributed by atoms with Gasteiger partial charge in [-0.1, -0.05) is 0 Å². The van der Waals surface area contributed by atoms with Gasteiger partial charge in [-0.25, -0.2) is 0 Å². The van der Waals surface area contributed by atoms with Crippen molar-refractivity contribution in [2.45, 2.75) is 45.3 Å². The minimum absolute atomic E-state index is 0.292. The second kappa shape index (κ2) is 11.0. The van der Waals surface area contributed by atoms with Crippen molar-refractivity contribution in [3.8, 4) is 0 Å². The quantitative estimate of drug-likeness (QED) is 0.713. The van der Waals surface area contributed by atoms with Crippen LogP contribution in [0.4, 0.5) is 0 Å². The maximum absolute atomic E-state index is 8.16. The predicted octanol–water partition coefficient (Wildman–Crippen LogP) is 1.09. The topological polar surface area (TPSA) is 44.7 Å². The van der Waals surface area contributed by atoms with Gasteiger partial charge in [0.1, 0.15) is 0 Å². The number of hydrogen-bond donors (Lipinski definition) is 2. The lowest BCUT2D eigenvalue weighted by Gasteiger charge is -2.30. The Labute approximate surface area is 106 Å². The molecule has 104 valence electrons. The number of aliphatic hydroxyl groups excluding tert-OH is 1. The molecule has 0 unspecified atom stereocenters. The molecule has 0 aliphatic carbocycles. The van der Waals surface area contributed by atoms with E-state index in [4.69, 9.17) is 9.84 Å². The predicted molar refractivity (Wildman–Crippen MR) is 72.4 cm³/mol. The van der Waals surface area contributed by atoms with Gasteiger partial charge < -0.3 is 20.1 Å². The fourth-order valence-electron chi connectivity index (χ4n) is 1.76. The Hall–Kier alpha value is -0.160. The number of rotatable bonds is 5. The number of nitrogens with zero attached hydrogens (tertiary/aromatic N) is 1. The minimum Gasteiger partial charge on any atom is -0.396 e. The zero-order valence-electron chi connectivity index (χ0n) is 11.9. The molecule has 1 saturated heterocycles. The first-order valence-corrected chi connectivity index (χ1v) is 6.69. The van der Waals surface area contributed by atoms with Gasteiger partial charge >= 0.3 is 0 Å². The summed E-state index contributed by atoms with van der Waals surface area (Å²) in [4.78, 5) is 2.36. The molecular weight excluding hydrogens is 216 g/mol. The summed E-state index contributed by atoms with van der Waals surface area (Å²) in [7, 11) is 4.04. The molecule has 0 aromatic rings. The lowest BCUT2D eigenvalue weighted by atomic mass is 10.1. The Morgan fingerprint density at radius 1 is 1.35 bits per heavy atom. The van der Waals surface area contributed by atoms with E-state index >= 15 is 0 Å².